The van der Waals surface area contributed by atoms with Crippen LogP contribution >= 0.6 is 0 Å². The maximum atomic E-state index is 8.04. The normalized spacial score (nSPS) is 4.90. The van der Waals surface area contributed by atoms with Gasteiger partial charge in [-0.25, -0.2) is 0 Å². The molecule has 0 aliphatic carbocycles. The van der Waals surface area contributed by atoms with Crippen molar-refractivity contribution in [1.82, 2.24) is 0 Å². The van der Waals surface area contributed by atoms with Crippen molar-refractivity contribution in [3.63, 3.8) is 0 Å². The standard InChI is InChI=1S/C5HN4.Na/c6-1-5(2-7)3-9-4-8;/h3H;/q-1;+1. The number of allylic oxidation sites excluding steroid dienone is 1. The van der Waals surface area contributed by atoms with Gasteiger partial charge in [0, 0.05) is 0 Å². The SMILES string of the molecule is N#C[N-]C=C(C#N)C#N.[Na+]. The number of rotatable bonds is 1. The van der Waals surface area contributed by atoms with E-state index in [0.29, 0.717) is 0 Å². The molecule has 0 aromatic rings. The van der Waals surface area contributed by atoms with Gasteiger partial charge in [-0.05, 0) is 6.20 Å². The van der Waals surface area contributed by atoms with Gasteiger partial charge in [-0.3, -0.25) is 0 Å². The maximum absolute atomic E-state index is 8.04. The average Bonchev–Trinajstić information content (AvgIpc) is 1.91. The largest absolute Gasteiger partial charge is 1.00 e. The van der Waals surface area contributed by atoms with Crippen molar-refractivity contribution < 1.29 is 29.6 Å². The van der Waals surface area contributed by atoms with Crippen molar-refractivity contribution in [3.05, 3.63) is 17.1 Å². The predicted molar refractivity (Wildman–Crippen MR) is 28.3 cm³/mol. The smallest absolute Gasteiger partial charge is 0.494 e. The Morgan fingerprint density at radius 2 is 1.70 bits per heavy atom. The number of hydrogen-bond donors (Lipinski definition) is 0. The molecule has 0 atom stereocenters. The first kappa shape index (κ1) is 11.8. The van der Waals surface area contributed by atoms with Crippen molar-refractivity contribution in [1.29, 1.82) is 15.8 Å². The third-order valence-corrected chi connectivity index (χ3v) is 0.492. The Bertz CT molecular complexity index is 220. The molecule has 0 heterocycles. The van der Waals surface area contributed by atoms with E-state index in [1.165, 1.54) is 6.19 Å². The minimum Gasteiger partial charge on any atom is -0.494 e. The van der Waals surface area contributed by atoms with E-state index in [2.05, 4.69) is 5.32 Å². The summed E-state index contributed by atoms with van der Waals surface area (Å²) in [5, 5.41) is 26.9. The quantitative estimate of drug-likeness (QED) is 0.235. The van der Waals surface area contributed by atoms with Gasteiger partial charge in [0.1, 0.15) is 17.7 Å². The van der Waals surface area contributed by atoms with Crippen LogP contribution in [-0.2, 0) is 0 Å². The Labute approximate surface area is 80.7 Å². The van der Waals surface area contributed by atoms with E-state index in [4.69, 9.17) is 15.8 Å². The summed E-state index contributed by atoms with van der Waals surface area (Å²) < 4.78 is 0. The molecule has 0 aromatic heterocycles. The fourth-order valence-electron chi connectivity index (χ4n) is 0.176. The summed E-state index contributed by atoms with van der Waals surface area (Å²) >= 11 is 0. The molecule has 42 valence electrons. The van der Waals surface area contributed by atoms with Gasteiger partial charge < -0.3 is 10.6 Å². The van der Waals surface area contributed by atoms with Gasteiger partial charge in [0.15, 0.2) is 0 Å². The third-order valence-electron chi connectivity index (χ3n) is 0.492. The van der Waals surface area contributed by atoms with Crippen LogP contribution in [0.5, 0.6) is 0 Å². The summed E-state index contributed by atoms with van der Waals surface area (Å²) in [4.78, 5) is 0. The Kier molecular flexibility index (Phi) is 9.42. The first-order valence-corrected chi connectivity index (χ1v) is 1.94. The molecule has 0 spiro atoms. The van der Waals surface area contributed by atoms with E-state index in [0.717, 1.165) is 6.20 Å². The molecular formula is C5HN4Na. The molecule has 0 radical (unpaired) electrons. The zero-order chi connectivity index (χ0) is 7.11. The van der Waals surface area contributed by atoms with Crippen LogP contribution in [0.15, 0.2) is 11.8 Å². The Hall–Kier alpha value is -0.990. The van der Waals surface area contributed by atoms with Crippen LogP contribution in [0.3, 0.4) is 0 Å². The fraction of sp³-hybridized carbons (Fsp3) is 0. The second-order valence-corrected chi connectivity index (χ2v) is 0.995. The molecule has 10 heavy (non-hydrogen) atoms. The first-order chi connectivity index (χ1) is 4.35. The number of nitrogens with zero attached hydrogens (tertiary/aromatic N) is 4. The summed E-state index contributed by atoms with van der Waals surface area (Å²) in [5.74, 6) is 0. The zero-order valence-electron chi connectivity index (χ0n) is 5.37. The fourth-order valence-corrected chi connectivity index (χ4v) is 0.176. The van der Waals surface area contributed by atoms with Crippen LogP contribution in [0.1, 0.15) is 0 Å². The van der Waals surface area contributed by atoms with Crippen molar-refractivity contribution in [2.45, 2.75) is 0 Å². The molecule has 0 N–H and O–H groups in total. The summed E-state index contributed by atoms with van der Waals surface area (Å²) in [5.41, 5.74) is -0.170. The van der Waals surface area contributed by atoms with Crippen LogP contribution in [-0.4, -0.2) is 0 Å². The van der Waals surface area contributed by atoms with E-state index >= 15 is 0 Å². The molecule has 0 aliphatic rings. The van der Waals surface area contributed by atoms with E-state index in [9.17, 15) is 0 Å². The zero-order valence-corrected chi connectivity index (χ0v) is 7.37. The van der Waals surface area contributed by atoms with Crippen LogP contribution < -0.4 is 29.6 Å². The van der Waals surface area contributed by atoms with E-state index in [-0.39, 0.29) is 35.1 Å². The van der Waals surface area contributed by atoms with Gasteiger partial charge in [0.05, 0.1) is 0 Å². The molecule has 5 heteroatoms. The minimum atomic E-state index is -0.170. The Morgan fingerprint density at radius 3 is 2.00 bits per heavy atom. The van der Waals surface area contributed by atoms with Crippen LogP contribution in [0.4, 0.5) is 0 Å². The van der Waals surface area contributed by atoms with Crippen LogP contribution in [0.2, 0.25) is 0 Å². The first-order valence-electron chi connectivity index (χ1n) is 1.94. The third kappa shape index (κ3) is 5.15. The topological polar surface area (TPSA) is 85.5 Å². The maximum Gasteiger partial charge on any atom is 1.00 e. The summed E-state index contributed by atoms with van der Waals surface area (Å²) in [6, 6.07) is 3.08. The molecule has 0 unspecified atom stereocenters. The van der Waals surface area contributed by atoms with Gasteiger partial charge in [0.25, 0.3) is 0 Å². The summed E-state index contributed by atoms with van der Waals surface area (Å²) in [6.07, 6.45) is 2.33. The van der Waals surface area contributed by atoms with Gasteiger partial charge in [-0.1, -0.05) is 6.19 Å². The summed E-state index contributed by atoms with van der Waals surface area (Å²) in [7, 11) is 0. The van der Waals surface area contributed by atoms with Crippen LogP contribution in [0.25, 0.3) is 5.32 Å². The molecule has 0 saturated carbocycles. The van der Waals surface area contributed by atoms with Gasteiger partial charge in [-0.2, -0.15) is 10.5 Å². The Balaban J connectivity index is 0. The minimum absolute atomic E-state index is 0. The van der Waals surface area contributed by atoms with Crippen molar-refractivity contribution >= 4 is 0 Å². The molecule has 0 fully saturated rings. The predicted octanol–water partition coefficient (Wildman–Crippen LogP) is -2.22. The Morgan fingerprint density at radius 1 is 1.20 bits per heavy atom. The van der Waals surface area contributed by atoms with Gasteiger partial charge in [0.2, 0.25) is 0 Å². The second kappa shape index (κ2) is 8.01. The van der Waals surface area contributed by atoms with Gasteiger partial charge >= 0.3 is 29.6 Å². The van der Waals surface area contributed by atoms with E-state index in [1.54, 1.807) is 12.1 Å². The average molecular weight is 140 g/mol. The summed E-state index contributed by atoms with van der Waals surface area (Å²) in [6.45, 7) is 0. The monoisotopic (exact) mass is 140 g/mol. The molecule has 4 nitrogen and oxygen atoms in total. The molecule has 0 aliphatic heterocycles. The second-order valence-electron chi connectivity index (χ2n) is 0.995. The number of hydrogen-bond acceptors (Lipinski definition) is 3. The van der Waals surface area contributed by atoms with Crippen molar-refractivity contribution in [2.75, 3.05) is 0 Å². The van der Waals surface area contributed by atoms with Crippen molar-refractivity contribution in [2.24, 2.45) is 0 Å². The molecule has 0 bridgehead atoms. The molecule has 0 amide bonds. The van der Waals surface area contributed by atoms with Gasteiger partial charge in [-0.15, -0.1) is 0 Å². The van der Waals surface area contributed by atoms with Crippen LogP contribution in [0, 0.1) is 34.1 Å². The van der Waals surface area contributed by atoms with E-state index < -0.39 is 0 Å². The molecule has 0 aromatic carbocycles. The van der Waals surface area contributed by atoms with E-state index in [1.807, 2.05) is 0 Å². The molecular weight excluding hydrogens is 139 g/mol. The number of nitriles is 3. The van der Waals surface area contributed by atoms with Crippen molar-refractivity contribution in [3.8, 4) is 18.3 Å². The molecule has 0 saturated heterocycles. The molecule has 0 rings (SSSR count).